The first kappa shape index (κ1) is 16.6. The number of hydrogen-bond donors (Lipinski definition) is 0. The molecule has 1 spiro atoms. The summed E-state index contributed by atoms with van der Waals surface area (Å²) < 4.78 is 0. The molecule has 3 fully saturated rings. The molecule has 0 bridgehead atoms. The van der Waals surface area contributed by atoms with Gasteiger partial charge in [0.15, 0.2) is 0 Å². The number of hydrogen-bond acceptors (Lipinski definition) is 3. The fourth-order valence-corrected chi connectivity index (χ4v) is 5.29. The summed E-state index contributed by atoms with van der Waals surface area (Å²) in [6, 6.07) is 10.1. The van der Waals surface area contributed by atoms with Gasteiger partial charge in [-0.05, 0) is 61.8 Å². The van der Waals surface area contributed by atoms with Crippen molar-refractivity contribution in [3.8, 4) is 6.07 Å². The first-order valence-corrected chi connectivity index (χ1v) is 9.70. The third-order valence-corrected chi connectivity index (χ3v) is 6.55. The van der Waals surface area contributed by atoms with Gasteiger partial charge >= 0.3 is 0 Å². The van der Waals surface area contributed by atoms with Gasteiger partial charge in [0.25, 0.3) is 0 Å². The molecule has 2 heterocycles. The molecule has 1 aromatic carbocycles. The van der Waals surface area contributed by atoms with E-state index in [2.05, 4.69) is 21.9 Å². The van der Waals surface area contributed by atoms with E-state index in [1.165, 1.54) is 31.2 Å². The largest absolute Gasteiger partial charge is 0.342 e. The maximum Gasteiger partial charge on any atom is 0.226 e. The zero-order valence-electron chi connectivity index (χ0n) is 14.9. The minimum atomic E-state index is 0.201. The number of nitriles is 1. The number of amides is 1. The van der Waals surface area contributed by atoms with Gasteiger partial charge in [-0.3, -0.25) is 9.69 Å². The van der Waals surface area contributed by atoms with Gasteiger partial charge in [-0.25, -0.2) is 0 Å². The lowest BCUT2D eigenvalue weighted by Crippen LogP contribution is -2.42. The van der Waals surface area contributed by atoms with Crippen molar-refractivity contribution < 1.29 is 4.79 Å². The molecule has 25 heavy (non-hydrogen) atoms. The molecule has 4 rings (SSSR count). The summed E-state index contributed by atoms with van der Waals surface area (Å²) in [5, 5.41) is 9.08. The summed E-state index contributed by atoms with van der Waals surface area (Å²) in [6.45, 7) is 4.93. The van der Waals surface area contributed by atoms with Gasteiger partial charge < -0.3 is 4.90 Å². The molecule has 1 aromatic rings. The second-order valence-electron chi connectivity index (χ2n) is 8.11. The van der Waals surface area contributed by atoms with E-state index in [1.54, 1.807) is 0 Å². The molecule has 2 saturated heterocycles. The van der Waals surface area contributed by atoms with Gasteiger partial charge in [-0.1, -0.05) is 18.6 Å². The predicted octanol–water partition coefficient (Wildman–Crippen LogP) is 3.17. The fraction of sp³-hybridized carbons (Fsp3) is 0.619. The molecular formula is C21H27N3O. The monoisotopic (exact) mass is 337 g/mol. The standard InChI is InChI=1S/C21H27N3O/c22-14-17-5-3-6-18(13-17)15-23-12-9-21(16-23)8-4-7-19(21)20(25)24-10-1-2-11-24/h3,5-6,13,19H,1-2,4,7-12,15-16H2/t19-,21+/m0/s1. The molecule has 2 aliphatic heterocycles. The first-order valence-electron chi connectivity index (χ1n) is 9.70. The predicted molar refractivity (Wildman–Crippen MR) is 96.6 cm³/mol. The highest BCUT2D eigenvalue weighted by Crippen LogP contribution is 2.50. The number of carbonyl (C=O) groups excluding carboxylic acids is 1. The summed E-state index contributed by atoms with van der Waals surface area (Å²) in [4.78, 5) is 17.6. The Balaban J connectivity index is 1.44. The van der Waals surface area contributed by atoms with Crippen LogP contribution in [0.3, 0.4) is 0 Å². The van der Waals surface area contributed by atoms with E-state index in [9.17, 15) is 4.79 Å². The summed E-state index contributed by atoms with van der Waals surface area (Å²) in [5.74, 6) is 0.671. The topological polar surface area (TPSA) is 47.3 Å². The fourth-order valence-electron chi connectivity index (χ4n) is 5.29. The average Bonchev–Trinajstić information content (AvgIpc) is 3.37. The van der Waals surface area contributed by atoms with Crippen molar-refractivity contribution >= 4 is 5.91 Å². The minimum Gasteiger partial charge on any atom is -0.342 e. The van der Waals surface area contributed by atoms with E-state index in [-0.39, 0.29) is 11.3 Å². The van der Waals surface area contributed by atoms with E-state index < -0.39 is 0 Å². The first-order chi connectivity index (χ1) is 12.2. The van der Waals surface area contributed by atoms with E-state index in [0.29, 0.717) is 5.91 Å². The van der Waals surface area contributed by atoms with E-state index in [0.717, 1.165) is 51.1 Å². The normalized spacial score (nSPS) is 29.4. The molecule has 0 radical (unpaired) electrons. The van der Waals surface area contributed by atoms with Gasteiger partial charge in [0.1, 0.15) is 0 Å². The van der Waals surface area contributed by atoms with Crippen molar-refractivity contribution in [3.05, 3.63) is 35.4 Å². The van der Waals surface area contributed by atoms with Crippen molar-refractivity contribution in [2.75, 3.05) is 26.2 Å². The highest BCUT2D eigenvalue weighted by atomic mass is 16.2. The smallest absolute Gasteiger partial charge is 0.226 e. The molecule has 0 aromatic heterocycles. The van der Waals surface area contributed by atoms with Crippen molar-refractivity contribution in [2.24, 2.45) is 11.3 Å². The highest BCUT2D eigenvalue weighted by molar-refractivity contribution is 5.80. The SMILES string of the molecule is N#Cc1cccc(CN2CC[C@]3(CCC[C@H]3C(=O)N3CCCC3)C2)c1. The number of nitrogens with zero attached hydrogens (tertiary/aromatic N) is 3. The number of carbonyl (C=O) groups is 1. The van der Waals surface area contributed by atoms with Crippen molar-refractivity contribution in [2.45, 2.75) is 45.1 Å². The Labute approximate surface area is 150 Å². The Morgan fingerprint density at radius 2 is 2.04 bits per heavy atom. The van der Waals surface area contributed by atoms with Crippen LogP contribution >= 0.6 is 0 Å². The van der Waals surface area contributed by atoms with Gasteiger partial charge in [0.2, 0.25) is 5.91 Å². The lowest BCUT2D eigenvalue weighted by Gasteiger charge is -2.33. The number of benzene rings is 1. The lowest BCUT2D eigenvalue weighted by atomic mass is 9.76. The maximum absolute atomic E-state index is 13.0. The summed E-state index contributed by atoms with van der Waals surface area (Å²) in [6.07, 6.45) is 6.97. The zero-order valence-corrected chi connectivity index (χ0v) is 14.9. The number of rotatable bonds is 3. The van der Waals surface area contributed by atoms with Crippen LogP contribution in [0.2, 0.25) is 0 Å². The van der Waals surface area contributed by atoms with Gasteiger partial charge in [0, 0.05) is 32.1 Å². The molecule has 4 heteroatoms. The Morgan fingerprint density at radius 3 is 2.84 bits per heavy atom. The van der Waals surface area contributed by atoms with Gasteiger partial charge in [-0.2, -0.15) is 5.26 Å². The third-order valence-electron chi connectivity index (χ3n) is 6.55. The van der Waals surface area contributed by atoms with Crippen LogP contribution < -0.4 is 0 Å². The highest BCUT2D eigenvalue weighted by Gasteiger charge is 2.51. The molecule has 0 N–H and O–H groups in total. The van der Waals surface area contributed by atoms with Crippen LogP contribution in [0, 0.1) is 22.7 Å². The van der Waals surface area contributed by atoms with Crippen LogP contribution in [0.25, 0.3) is 0 Å². The molecular weight excluding hydrogens is 310 g/mol. The van der Waals surface area contributed by atoms with Crippen LogP contribution in [0.5, 0.6) is 0 Å². The Morgan fingerprint density at radius 1 is 1.20 bits per heavy atom. The lowest BCUT2D eigenvalue weighted by molar-refractivity contribution is -0.137. The van der Waals surface area contributed by atoms with Crippen molar-refractivity contribution in [1.82, 2.24) is 9.80 Å². The Kier molecular flexibility index (Phi) is 4.52. The molecule has 2 atom stereocenters. The third kappa shape index (κ3) is 3.18. The van der Waals surface area contributed by atoms with Crippen molar-refractivity contribution in [3.63, 3.8) is 0 Å². The van der Waals surface area contributed by atoms with Crippen LogP contribution in [-0.2, 0) is 11.3 Å². The van der Waals surface area contributed by atoms with Gasteiger partial charge in [-0.15, -0.1) is 0 Å². The average molecular weight is 337 g/mol. The van der Waals surface area contributed by atoms with E-state index in [1.807, 2.05) is 18.2 Å². The zero-order chi connectivity index (χ0) is 17.3. The molecule has 4 nitrogen and oxygen atoms in total. The Bertz CT molecular complexity index is 689. The number of likely N-dealkylation sites (tertiary alicyclic amines) is 2. The summed E-state index contributed by atoms with van der Waals surface area (Å²) >= 11 is 0. The molecule has 0 unspecified atom stereocenters. The maximum atomic E-state index is 13.0. The second kappa shape index (κ2) is 6.80. The van der Waals surface area contributed by atoms with E-state index >= 15 is 0 Å². The molecule has 1 aliphatic carbocycles. The van der Waals surface area contributed by atoms with E-state index in [4.69, 9.17) is 5.26 Å². The molecule has 1 amide bonds. The van der Waals surface area contributed by atoms with Crippen LogP contribution in [0.15, 0.2) is 24.3 Å². The van der Waals surface area contributed by atoms with Crippen LogP contribution in [0.4, 0.5) is 0 Å². The minimum absolute atomic E-state index is 0.201. The van der Waals surface area contributed by atoms with Gasteiger partial charge in [0.05, 0.1) is 11.6 Å². The van der Waals surface area contributed by atoms with Crippen LogP contribution in [-0.4, -0.2) is 41.9 Å². The Hall–Kier alpha value is -1.86. The molecule has 3 aliphatic rings. The second-order valence-corrected chi connectivity index (χ2v) is 8.11. The summed E-state index contributed by atoms with van der Waals surface area (Å²) in [7, 11) is 0. The summed E-state index contributed by atoms with van der Waals surface area (Å²) in [5.41, 5.74) is 2.14. The quantitative estimate of drug-likeness (QED) is 0.851. The molecule has 132 valence electrons. The molecule has 1 saturated carbocycles. The van der Waals surface area contributed by atoms with Crippen molar-refractivity contribution in [1.29, 1.82) is 5.26 Å². The van der Waals surface area contributed by atoms with Crippen LogP contribution in [0.1, 0.15) is 49.7 Å².